The minimum atomic E-state index is -0.328. The Morgan fingerprint density at radius 3 is 1.48 bits per heavy atom. The fourth-order valence-corrected chi connectivity index (χ4v) is 20.3. The van der Waals surface area contributed by atoms with Crippen LogP contribution in [0.25, 0.3) is 0 Å². The maximum atomic E-state index is 11.9. The van der Waals surface area contributed by atoms with Gasteiger partial charge >= 0.3 is 0 Å². The lowest BCUT2D eigenvalue weighted by Gasteiger charge is -2.65. The summed E-state index contributed by atoms with van der Waals surface area (Å²) in [4.78, 5) is 0. The predicted octanol–water partition coefficient (Wildman–Crippen LogP) is 7.76. The van der Waals surface area contributed by atoms with Crippen molar-refractivity contribution in [2.24, 2.45) is 110 Å². The first kappa shape index (κ1) is 51.8. The molecule has 14 nitrogen and oxygen atoms in total. The highest BCUT2D eigenvalue weighted by atomic mass is 16.3. The lowest BCUT2D eigenvalue weighted by atomic mass is 9.41. The number of H-pyrrole nitrogens is 2. The van der Waals surface area contributed by atoms with Gasteiger partial charge in [0, 0.05) is 12.8 Å². The second-order valence-electron chi connectivity index (χ2n) is 26.4. The molecule has 0 saturated heterocycles. The van der Waals surface area contributed by atoms with Crippen LogP contribution in [0.1, 0.15) is 183 Å². The van der Waals surface area contributed by atoms with Gasteiger partial charge in [-0.15, -0.1) is 20.4 Å². The summed E-state index contributed by atoms with van der Waals surface area (Å²) in [7, 11) is 0. The van der Waals surface area contributed by atoms with Crippen molar-refractivity contribution in [3.8, 4) is 0 Å². The molecule has 8 aliphatic carbocycles. The van der Waals surface area contributed by atoms with Crippen molar-refractivity contribution in [2.45, 2.75) is 221 Å². The smallest absolute Gasteiger partial charge is 0.174 e. The van der Waals surface area contributed by atoms with Gasteiger partial charge in [0.15, 0.2) is 11.6 Å². The molecule has 69 heavy (non-hydrogen) atoms. The number of fused-ring (bicyclic) bond motifs is 10. The third-order valence-electron chi connectivity index (χ3n) is 23.7. The van der Waals surface area contributed by atoms with E-state index in [0.29, 0.717) is 65.1 Å². The van der Waals surface area contributed by atoms with Crippen LogP contribution in [0.15, 0.2) is 0 Å². The zero-order valence-corrected chi connectivity index (χ0v) is 43.9. The van der Waals surface area contributed by atoms with Crippen molar-refractivity contribution in [3.05, 3.63) is 11.6 Å². The molecule has 0 aliphatic heterocycles. The van der Waals surface area contributed by atoms with E-state index in [1.807, 2.05) is 0 Å². The Hall–Kier alpha value is -2.10. The van der Waals surface area contributed by atoms with Crippen LogP contribution in [0.2, 0.25) is 0 Å². The van der Waals surface area contributed by atoms with E-state index >= 15 is 0 Å². The molecule has 2 heterocycles. The highest BCUT2D eigenvalue weighted by molar-refractivity contribution is 5.18. The fourth-order valence-electron chi connectivity index (χ4n) is 20.3. The summed E-state index contributed by atoms with van der Waals surface area (Å²) in [5.41, 5.74) is -0.0677. The summed E-state index contributed by atoms with van der Waals surface area (Å²) in [6.45, 7) is 21.0. The molecule has 10 rings (SSSR count). The zero-order valence-electron chi connectivity index (χ0n) is 43.9. The molecule has 0 radical (unpaired) electrons. The second kappa shape index (κ2) is 20.0. The van der Waals surface area contributed by atoms with Gasteiger partial charge in [-0.3, -0.25) is 0 Å². The van der Waals surface area contributed by atoms with Crippen molar-refractivity contribution in [2.75, 3.05) is 0 Å². The average Bonchev–Trinajstić information content (AvgIpc) is 4.15. The first-order chi connectivity index (χ1) is 32.8. The number of aromatic amines is 2. The van der Waals surface area contributed by atoms with Crippen LogP contribution in [0.4, 0.5) is 0 Å². The van der Waals surface area contributed by atoms with E-state index in [0.717, 1.165) is 134 Å². The van der Waals surface area contributed by atoms with Crippen LogP contribution in [0.3, 0.4) is 0 Å². The van der Waals surface area contributed by atoms with Gasteiger partial charge in [-0.1, -0.05) is 85.6 Å². The number of aromatic nitrogens is 8. The van der Waals surface area contributed by atoms with Crippen LogP contribution >= 0.6 is 0 Å². The molecule has 6 unspecified atom stereocenters. The summed E-state index contributed by atoms with van der Waals surface area (Å²) in [6.07, 6.45) is 16.6. The first-order valence-electron chi connectivity index (χ1n) is 28.4. The average molecular weight is 963 g/mol. The van der Waals surface area contributed by atoms with Crippen molar-refractivity contribution in [1.29, 1.82) is 0 Å². The lowest BCUT2D eigenvalue weighted by Crippen LogP contribution is -2.65. The van der Waals surface area contributed by atoms with Gasteiger partial charge in [0.2, 0.25) is 0 Å². The summed E-state index contributed by atoms with van der Waals surface area (Å²) in [5, 5.41) is 97.2. The van der Waals surface area contributed by atoms with E-state index in [-0.39, 0.29) is 82.0 Å². The Morgan fingerprint density at radius 2 is 1.03 bits per heavy atom. The van der Waals surface area contributed by atoms with Crippen molar-refractivity contribution in [3.63, 3.8) is 0 Å². The Labute approximate surface area is 413 Å². The predicted molar refractivity (Wildman–Crippen MR) is 263 cm³/mol. The van der Waals surface area contributed by atoms with Crippen molar-refractivity contribution < 1.29 is 30.6 Å². The maximum absolute atomic E-state index is 11.9. The Morgan fingerprint density at radius 1 is 0.565 bits per heavy atom. The molecule has 8 aliphatic rings. The summed E-state index contributed by atoms with van der Waals surface area (Å²) in [6, 6.07) is 0. The molecule has 8 saturated carbocycles. The fraction of sp³-hybridized carbons (Fsp3) is 0.964. The van der Waals surface area contributed by atoms with Gasteiger partial charge in [0.05, 0.1) is 36.6 Å². The van der Waals surface area contributed by atoms with Gasteiger partial charge < -0.3 is 30.6 Å². The zero-order chi connectivity index (χ0) is 49.4. The first-order valence-corrected chi connectivity index (χ1v) is 28.4. The molecule has 8 fully saturated rings. The number of nitrogens with zero attached hydrogens (tertiary/aromatic N) is 6. The van der Waals surface area contributed by atoms with E-state index in [1.165, 1.54) is 0 Å². The van der Waals surface area contributed by atoms with Crippen molar-refractivity contribution >= 4 is 0 Å². The standard InChI is InChI=1S/C28H48N4O3.C27H46N4O3/c1-6-18-21-13-17(33)9-10-27(21,4)22-14-23(34)28(5)19(7-8-20(28)25(22)26(18)35)16(3)11-15(2)12-24-29-31-32-30-24;1-5-17-20-13-16(32)11-12-26(20,3)21-14-22(33)27(4)18(9-10-19(27)24(21)25(17)34)15(2)7-6-8-23-28-30-31-29-23/h15-23,25-26,33-35H,6-14H2,1-5H3,(H,29,30,31,32);15-22,24-25,32-34H,5-14H2,1-4H3,(H,28,29,30,31)/t15-,16+,17+,18+,19+,20?,21-,22?,23-,25?,26+,27-,28+;15-,16-,17-,18-,19?,20+,21?,22+,24?,25-,26+,27-/m01/s1. The molecule has 0 spiro atoms. The van der Waals surface area contributed by atoms with E-state index in [4.69, 9.17) is 0 Å². The molecule has 0 bridgehead atoms. The number of aliphatic hydroxyl groups excluding tert-OH is 6. The monoisotopic (exact) mass is 963 g/mol. The van der Waals surface area contributed by atoms with Gasteiger partial charge in [-0.2, -0.15) is 10.4 Å². The second-order valence-corrected chi connectivity index (χ2v) is 26.4. The third kappa shape index (κ3) is 8.70. The lowest BCUT2D eigenvalue weighted by molar-refractivity contribution is -0.228. The van der Waals surface area contributed by atoms with E-state index in [9.17, 15) is 30.6 Å². The van der Waals surface area contributed by atoms with Gasteiger partial charge in [0.1, 0.15) is 0 Å². The molecular weight excluding hydrogens is 869 g/mol. The van der Waals surface area contributed by atoms with E-state index in [1.54, 1.807) is 0 Å². The SMILES string of the molecule is CC[C@H]1[C@@H](O)C2C3CC[C@H]([C@H](C)CCCc4nn[nH]n4)[C@@]3(C)[C@@H](O)CC2[C@@]2(C)CC[C@@H](O)C[C@@H]12.CC[C@H]1[C@@H](O)C2C3CC[C@H]([C@H](C)C[C@H](C)Cc4nn[nH]n4)[C@@]3(C)[C@@H](O)CC2[C@@]2(C)CC[C@@H](O)C[C@@H]12. The Balaban J connectivity index is 0.000000172. The minimum absolute atomic E-state index is 0.106. The van der Waals surface area contributed by atoms with Gasteiger partial charge in [0.25, 0.3) is 0 Å². The number of tetrazole rings is 2. The third-order valence-corrected chi connectivity index (χ3v) is 23.7. The number of hydrogen-bond acceptors (Lipinski definition) is 12. The summed E-state index contributed by atoms with van der Waals surface area (Å²) >= 11 is 0. The molecule has 2 aromatic rings. The minimum Gasteiger partial charge on any atom is -0.393 e. The van der Waals surface area contributed by atoms with Gasteiger partial charge in [-0.25, -0.2) is 0 Å². The number of nitrogens with one attached hydrogen (secondary N) is 2. The number of aliphatic hydroxyl groups is 6. The quantitative estimate of drug-likeness (QED) is 0.102. The molecule has 0 amide bonds. The molecule has 14 heteroatoms. The van der Waals surface area contributed by atoms with E-state index in [2.05, 4.69) is 104 Å². The highest BCUT2D eigenvalue weighted by Crippen LogP contribution is 2.71. The van der Waals surface area contributed by atoms with Crippen LogP contribution in [-0.4, -0.2) is 109 Å². The number of rotatable bonds is 12. The topological polar surface area (TPSA) is 230 Å². The van der Waals surface area contributed by atoms with Gasteiger partial charge in [-0.05, 0) is 207 Å². The van der Waals surface area contributed by atoms with Crippen molar-refractivity contribution in [1.82, 2.24) is 41.2 Å². The number of aryl methyl sites for hydroxylation is 1. The molecule has 0 aromatic carbocycles. The molecule has 8 N–H and O–H groups in total. The van der Waals surface area contributed by atoms with Crippen LogP contribution in [0.5, 0.6) is 0 Å². The Kier molecular flexibility index (Phi) is 15.0. The molecule has 390 valence electrons. The Bertz CT molecular complexity index is 1980. The van der Waals surface area contributed by atoms with Crippen LogP contribution in [-0.2, 0) is 12.8 Å². The van der Waals surface area contributed by atoms with Crippen LogP contribution in [0, 0.1) is 110 Å². The molecule has 2 aromatic heterocycles. The normalized spacial score (nSPS) is 49.1. The number of hydrogen-bond donors (Lipinski definition) is 8. The summed E-state index contributed by atoms with van der Waals surface area (Å²) in [5.74, 6) is 7.14. The molecule has 25 atom stereocenters. The van der Waals surface area contributed by atoms with Crippen LogP contribution < -0.4 is 0 Å². The van der Waals surface area contributed by atoms with E-state index < -0.39 is 0 Å². The maximum Gasteiger partial charge on any atom is 0.174 e. The molecular formula is C55H94N8O6. The highest BCUT2D eigenvalue weighted by Gasteiger charge is 2.69. The summed E-state index contributed by atoms with van der Waals surface area (Å²) < 4.78 is 0. The largest absolute Gasteiger partial charge is 0.393 e.